The number of fused-ring (bicyclic) bond motifs is 2. The van der Waals surface area contributed by atoms with E-state index in [1.165, 1.54) is 26.1 Å². The van der Waals surface area contributed by atoms with Crippen LogP contribution >= 0.6 is 0 Å². The number of piperidine rings is 1. The molecule has 2 aromatic rings. The highest BCUT2D eigenvalue weighted by atomic mass is 19.4. The van der Waals surface area contributed by atoms with Gasteiger partial charge in [-0.15, -0.1) is 0 Å². The Morgan fingerprint density at radius 3 is 2.26 bits per heavy atom. The van der Waals surface area contributed by atoms with E-state index in [9.17, 15) is 40.3 Å². The van der Waals surface area contributed by atoms with Gasteiger partial charge in [-0.25, -0.2) is 9.37 Å². The van der Waals surface area contributed by atoms with Crippen LogP contribution in [0.3, 0.4) is 0 Å². The molecule has 1 aromatic heterocycles. The van der Waals surface area contributed by atoms with Gasteiger partial charge in [-0.05, 0) is 69.9 Å². The lowest BCUT2D eigenvalue weighted by atomic mass is 9.96. The number of pyridine rings is 1. The number of benzene rings is 1. The lowest BCUT2D eigenvalue weighted by Gasteiger charge is -2.41. The molecular weight excluding hydrogens is 577 g/mol. The number of amides is 2. The smallest absolute Gasteiger partial charge is 0.420 e. The molecule has 2 fully saturated rings. The van der Waals surface area contributed by atoms with E-state index in [1.54, 1.807) is 6.07 Å². The summed E-state index contributed by atoms with van der Waals surface area (Å²) < 4.78 is 96.4. The summed E-state index contributed by atoms with van der Waals surface area (Å²) in [5, 5.41) is 13.9. The molecule has 2 aliphatic heterocycles. The Balaban J connectivity index is 1.36. The molecule has 2 saturated heterocycles. The average Bonchev–Trinajstić information content (AvgIpc) is 3.16. The van der Waals surface area contributed by atoms with Gasteiger partial charge >= 0.3 is 12.4 Å². The minimum Gasteiger partial charge on any atom is -0.477 e. The van der Waals surface area contributed by atoms with Gasteiger partial charge in [0.25, 0.3) is 11.8 Å². The predicted molar refractivity (Wildman–Crippen MR) is 135 cm³/mol. The van der Waals surface area contributed by atoms with Crippen molar-refractivity contribution in [1.82, 2.24) is 15.6 Å². The topological polar surface area (TPSA) is 104 Å². The Morgan fingerprint density at radius 1 is 1.07 bits per heavy atom. The highest BCUT2D eigenvalue weighted by Crippen LogP contribution is 2.40. The minimum absolute atomic E-state index is 0.0136. The lowest BCUT2D eigenvalue weighted by Crippen LogP contribution is -2.55. The van der Waals surface area contributed by atoms with Gasteiger partial charge in [-0.2, -0.15) is 26.3 Å². The molecule has 4 rings (SSSR count). The fraction of sp³-hybridized carbons (Fsp3) is 0.519. The second-order valence-electron chi connectivity index (χ2n) is 10.9. The number of aliphatic hydroxyl groups excluding tert-OH is 1. The van der Waals surface area contributed by atoms with Crippen molar-refractivity contribution in [3.05, 3.63) is 53.5 Å². The molecule has 2 aliphatic rings. The number of carbonyl (C=O) groups excluding carboxylic acids is 2. The van der Waals surface area contributed by atoms with Crippen molar-refractivity contribution in [3.63, 3.8) is 0 Å². The Kier molecular flexibility index (Phi) is 8.63. The average molecular weight is 607 g/mol. The second-order valence-corrected chi connectivity index (χ2v) is 10.9. The zero-order chi connectivity index (χ0) is 31.0. The number of aromatic nitrogens is 1. The van der Waals surface area contributed by atoms with E-state index >= 15 is 0 Å². The van der Waals surface area contributed by atoms with Crippen LogP contribution in [0.5, 0.6) is 5.75 Å². The number of alkyl halides is 6. The number of carbonyl (C=O) groups is 2. The third-order valence-corrected chi connectivity index (χ3v) is 7.34. The summed E-state index contributed by atoms with van der Waals surface area (Å²) in [6, 6.07) is 4.54. The van der Waals surface area contributed by atoms with Crippen LogP contribution in [0.25, 0.3) is 0 Å². The molecule has 0 saturated carbocycles. The van der Waals surface area contributed by atoms with E-state index in [0.717, 1.165) is 25.0 Å². The normalized spacial score (nSPS) is 21.6. The summed E-state index contributed by atoms with van der Waals surface area (Å²) in [7, 11) is 0. The number of rotatable bonds is 8. The zero-order valence-electron chi connectivity index (χ0n) is 22.5. The second kappa shape index (κ2) is 11.6. The number of hydrogen-bond acceptors (Lipinski definition) is 6. The molecule has 2 amide bonds. The van der Waals surface area contributed by atoms with Crippen molar-refractivity contribution in [2.75, 3.05) is 11.4 Å². The third-order valence-electron chi connectivity index (χ3n) is 7.34. The number of ether oxygens (including phenoxy) is 1. The van der Waals surface area contributed by atoms with Gasteiger partial charge in [0.2, 0.25) is 0 Å². The van der Waals surface area contributed by atoms with Gasteiger partial charge < -0.3 is 25.4 Å². The number of halogens is 7. The molecule has 4 atom stereocenters. The van der Waals surface area contributed by atoms with Crippen molar-refractivity contribution in [1.29, 1.82) is 0 Å². The summed E-state index contributed by atoms with van der Waals surface area (Å²) in [4.78, 5) is 31.6. The van der Waals surface area contributed by atoms with E-state index < -0.39 is 59.5 Å². The fourth-order valence-electron chi connectivity index (χ4n) is 5.24. The van der Waals surface area contributed by atoms with E-state index in [0.29, 0.717) is 24.7 Å². The first-order chi connectivity index (χ1) is 19.5. The van der Waals surface area contributed by atoms with Crippen LogP contribution in [0.1, 0.15) is 55.5 Å². The molecular formula is C27H29F7N4O4. The van der Waals surface area contributed by atoms with Crippen LogP contribution in [-0.2, 0) is 11.0 Å². The Bertz CT molecular complexity index is 1290. The van der Waals surface area contributed by atoms with Gasteiger partial charge in [0.1, 0.15) is 22.9 Å². The fourth-order valence-corrected chi connectivity index (χ4v) is 5.24. The first-order valence-corrected chi connectivity index (χ1v) is 13.1. The van der Waals surface area contributed by atoms with Crippen molar-refractivity contribution < 1.29 is 50.2 Å². The van der Waals surface area contributed by atoms with Crippen LogP contribution in [0.2, 0.25) is 0 Å². The first kappa shape index (κ1) is 31.3. The van der Waals surface area contributed by atoms with Crippen molar-refractivity contribution in [2.24, 2.45) is 0 Å². The predicted octanol–water partition coefficient (Wildman–Crippen LogP) is 4.37. The number of nitrogens with one attached hydrogen (secondary N) is 2. The van der Waals surface area contributed by atoms with Crippen LogP contribution in [-0.4, -0.2) is 64.5 Å². The summed E-state index contributed by atoms with van der Waals surface area (Å²) in [6.07, 6.45) is -8.65. The number of nitrogens with zero attached hydrogens (tertiary/aromatic N) is 2. The highest BCUT2D eigenvalue weighted by molar-refractivity contribution is 5.94. The van der Waals surface area contributed by atoms with Crippen LogP contribution in [0.4, 0.5) is 36.6 Å². The monoisotopic (exact) mass is 606 g/mol. The molecule has 42 heavy (non-hydrogen) atoms. The summed E-state index contributed by atoms with van der Waals surface area (Å²) in [6.45, 7) is 1.64. The first-order valence-electron chi connectivity index (χ1n) is 13.1. The molecule has 0 spiro atoms. The maximum absolute atomic E-state index is 13.5. The molecule has 15 heteroatoms. The van der Waals surface area contributed by atoms with Crippen LogP contribution < -0.4 is 20.3 Å². The summed E-state index contributed by atoms with van der Waals surface area (Å²) >= 11 is 0. The number of aliphatic hydroxyl groups is 1. The minimum atomic E-state index is -4.89. The molecule has 3 heterocycles. The molecule has 230 valence electrons. The van der Waals surface area contributed by atoms with Gasteiger partial charge in [-0.1, -0.05) is 0 Å². The summed E-state index contributed by atoms with van der Waals surface area (Å²) in [5.74, 6) is -2.68. The number of hydrogen-bond donors (Lipinski definition) is 3. The zero-order valence-corrected chi connectivity index (χ0v) is 22.5. The molecule has 1 aromatic carbocycles. The van der Waals surface area contributed by atoms with Crippen molar-refractivity contribution in [2.45, 2.75) is 81.7 Å². The number of anilines is 1. The molecule has 0 aliphatic carbocycles. The van der Waals surface area contributed by atoms with Crippen molar-refractivity contribution in [3.8, 4) is 5.75 Å². The van der Waals surface area contributed by atoms with E-state index in [1.807, 2.05) is 10.2 Å². The molecule has 0 radical (unpaired) electrons. The summed E-state index contributed by atoms with van der Waals surface area (Å²) in [5.41, 5.74) is -3.02. The third kappa shape index (κ3) is 7.05. The van der Waals surface area contributed by atoms with Gasteiger partial charge in [-0.3, -0.25) is 9.59 Å². The lowest BCUT2D eigenvalue weighted by molar-refractivity contribution is -0.201. The highest BCUT2D eigenvalue weighted by Gasteiger charge is 2.44. The SMILES string of the molecule is CC(C)(Oc1ccc(F)cc1C(F)(F)F)C(=O)NC1C[C@H]2CC[C@@H](C1)N2c1ccc(C(=O)NCC(O)C(F)(F)F)cn1. The molecule has 2 bridgehead atoms. The Hall–Kier alpha value is -3.62. The largest absolute Gasteiger partial charge is 0.477 e. The Labute approximate surface area is 236 Å². The van der Waals surface area contributed by atoms with E-state index in [2.05, 4.69) is 10.3 Å². The molecule has 3 N–H and O–H groups in total. The molecule has 2 unspecified atom stereocenters. The van der Waals surface area contributed by atoms with Gasteiger partial charge in [0.15, 0.2) is 11.7 Å². The van der Waals surface area contributed by atoms with Gasteiger partial charge in [0, 0.05) is 24.3 Å². The van der Waals surface area contributed by atoms with Crippen molar-refractivity contribution >= 4 is 17.6 Å². The van der Waals surface area contributed by atoms with Crippen LogP contribution in [0.15, 0.2) is 36.5 Å². The Morgan fingerprint density at radius 2 is 1.71 bits per heavy atom. The standard InChI is InChI=1S/C27H29F7N4O4/c1-25(2,42-20-7-4-15(28)9-19(20)26(29,30)31)24(41)37-16-10-17-5-6-18(11-16)38(17)22-8-3-14(12-35-22)23(40)36-13-21(39)27(32,33)34/h3-4,7-9,12,16-18,21,39H,5-6,10-11,13H2,1-2H3,(H,36,40)(H,37,41)/t16?,17-,18+,21?. The maximum atomic E-state index is 13.5. The van der Waals surface area contributed by atoms with E-state index in [-0.39, 0.29) is 23.7 Å². The van der Waals surface area contributed by atoms with E-state index in [4.69, 9.17) is 9.84 Å². The maximum Gasteiger partial charge on any atom is 0.420 e. The van der Waals surface area contributed by atoms with Crippen LogP contribution in [0, 0.1) is 5.82 Å². The molecule has 8 nitrogen and oxygen atoms in total. The quantitative estimate of drug-likeness (QED) is 0.386. The van der Waals surface area contributed by atoms with Gasteiger partial charge in [0.05, 0.1) is 12.1 Å².